The minimum atomic E-state index is -5.06. The lowest BCUT2D eigenvalue weighted by molar-refractivity contribution is -0.273. The molecule has 6 nitrogen and oxygen atoms in total. The van der Waals surface area contributed by atoms with Gasteiger partial charge in [-0.1, -0.05) is 0 Å². The zero-order chi connectivity index (χ0) is 18.1. The molecule has 0 bridgehead atoms. The fourth-order valence-electron chi connectivity index (χ4n) is 2.26. The lowest BCUT2D eigenvalue weighted by atomic mass is 9.95. The normalized spacial score (nSPS) is 15.8. The molecule has 2 aromatic heterocycles. The second kappa shape index (κ2) is 6.31. The van der Waals surface area contributed by atoms with Crippen LogP contribution in [0.3, 0.4) is 0 Å². The molecule has 2 unspecified atom stereocenters. The summed E-state index contributed by atoms with van der Waals surface area (Å²) in [5, 5.41) is 16.4. The Kier molecular flexibility index (Phi) is 4.75. The molecule has 2 rings (SSSR count). The molecule has 0 fully saturated rings. The zero-order valence-electron chi connectivity index (χ0n) is 13.4. The Balaban J connectivity index is 2.16. The van der Waals surface area contributed by atoms with E-state index in [1.54, 1.807) is 20.2 Å². The molecule has 0 aliphatic heterocycles. The number of rotatable bonds is 5. The van der Waals surface area contributed by atoms with Gasteiger partial charge in [0.25, 0.3) is 0 Å². The summed E-state index contributed by atoms with van der Waals surface area (Å²) in [5.41, 5.74) is -2.75. The summed E-state index contributed by atoms with van der Waals surface area (Å²) in [5.74, 6) is -1.46. The van der Waals surface area contributed by atoms with Crippen LogP contribution in [0.1, 0.15) is 36.5 Å². The van der Waals surface area contributed by atoms with Gasteiger partial charge in [-0.3, -0.25) is 9.48 Å². The maximum atomic E-state index is 13.3. The molecular formula is C15H18F3N3O3. The molecule has 2 atom stereocenters. The van der Waals surface area contributed by atoms with Gasteiger partial charge < -0.3 is 14.8 Å². The van der Waals surface area contributed by atoms with Crippen molar-refractivity contribution in [1.29, 1.82) is 0 Å². The number of nitrogens with one attached hydrogen (secondary N) is 1. The predicted octanol–water partition coefficient (Wildman–Crippen LogP) is 2.34. The Bertz CT molecular complexity index is 723. The Morgan fingerprint density at radius 3 is 2.58 bits per heavy atom. The van der Waals surface area contributed by atoms with Gasteiger partial charge in [-0.25, -0.2) is 0 Å². The molecule has 0 aromatic carbocycles. The molecule has 0 saturated heterocycles. The first-order valence-electron chi connectivity index (χ1n) is 7.17. The highest BCUT2D eigenvalue weighted by molar-refractivity contribution is 5.77. The molecule has 0 aliphatic carbocycles. The fourth-order valence-corrected chi connectivity index (χ4v) is 2.26. The summed E-state index contributed by atoms with van der Waals surface area (Å²) in [4.78, 5) is 12.0. The highest BCUT2D eigenvalue weighted by Crippen LogP contribution is 2.42. The van der Waals surface area contributed by atoms with Crippen molar-refractivity contribution in [2.75, 3.05) is 0 Å². The van der Waals surface area contributed by atoms with Crippen molar-refractivity contribution >= 4 is 5.91 Å². The summed E-state index contributed by atoms with van der Waals surface area (Å²) in [6.45, 7) is 3.06. The van der Waals surface area contributed by atoms with Crippen LogP contribution in [0.15, 0.2) is 28.9 Å². The highest BCUT2D eigenvalue weighted by atomic mass is 19.4. The molecule has 0 radical (unpaired) electrons. The summed E-state index contributed by atoms with van der Waals surface area (Å²) >= 11 is 0. The third kappa shape index (κ3) is 3.61. The number of halogens is 3. The van der Waals surface area contributed by atoms with Crippen molar-refractivity contribution in [2.45, 2.75) is 38.1 Å². The quantitative estimate of drug-likeness (QED) is 0.872. The first-order valence-corrected chi connectivity index (χ1v) is 7.17. The topological polar surface area (TPSA) is 80.3 Å². The van der Waals surface area contributed by atoms with Gasteiger partial charge in [0.1, 0.15) is 11.5 Å². The minimum Gasteiger partial charge on any atom is -0.463 e. The average Bonchev–Trinajstić information content (AvgIpc) is 3.06. The lowest BCUT2D eigenvalue weighted by Crippen LogP contribution is -2.46. The Hall–Kier alpha value is -2.29. The Morgan fingerprint density at radius 1 is 1.46 bits per heavy atom. The van der Waals surface area contributed by atoms with E-state index in [-0.39, 0.29) is 5.76 Å². The van der Waals surface area contributed by atoms with E-state index in [9.17, 15) is 23.1 Å². The molecule has 0 saturated carbocycles. The van der Waals surface area contributed by atoms with Crippen LogP contribution in [0, 0.1) is 6.92 Å². The fraction of sp³-hybridized carbons (Fsp3) is 0.467. The molecule has 0 aliphatic rings. The van der Waals surface area contributed by atoms with E-state index in [1.165, 1.54) is 23.9 Å². The van der Waals surface area contributed by atoms with Gasteiger partial charge in [0.15, 0.2) is 0 Å². The van der Waals surface area contributed by atoms with Crippen molar-refractivity contribution in [1.82, 2.24) is 15.1 Å². The third-order valence-electron chi connectivity index (χ3n) is 3.64. The number of hydrogen-bond acceptors (Lipinski definition) is 4. The number of hydrogen-bond donors (Lipinski definition) is 2. The molecule has 2 aromatic rings. The first kappa shape index (κ1) is 18.1. The van der Waals surface area contributed by atoms with Crippen LogP contribution in [0.4, 0.5) is 13.2 Å². The van der Waals surface area contributed by atoms with Crippen LogP contribution < -0.4 is 5.32 Å². The van der Waals surface area contributed by atoms with Crippen molar-refractivity contribution < 1.29 is 27.5 Å². The maximum absolute atomic E-state index is 13.3. The van der Waals surface area contributed by atoms with E-state index in [4.69, 9.17) is 4.42 Å². The molecule has 1 amide bonds. The second-order valence-electron chi connectivity index (χ2n) is 5.68. The van der Waals surface area contributed by atoms with E-state index < -0.39 is 35.9 Å². The second-order valence-corrected chi connectivity index (χ2v) is 5.68. The van der Waals surface area contributed by atoms with Crippen molar-refractivity contribution in [2.24, 2.45) is 7.05 Å². The van der Waals surface area contributed by atoms with Crippen LogP contribution in [0.2, 0.25) is 0 Å². The maximum Gasteiger partial charge on any atom is 0.425 e. The molecule has 0 spiro atoms. The molecular weight excluding hydrogens is 327 g/mol. The summed E-state index contributed by atoms with van der Waals surface area (Å²) in [6.07, 6.45) is -3.13. The number of carbonyl (C=O) groups excluding carboxylic acids is 1. The number of aliphatic hydroxyl groups is 1. The summed E-state index contributed by atoms with van der Waals surface area (Å²) in [7, 11) is 1.68. The van der Waals surface area contributed by atoms with Crippen LogP contribution in [0.25, 0.3) is 0 Å². The number of carbonyl (C=O) groups is 1. The number of alkyl halides is 3. The van der Waals surface area contributed by atoms with E-state index in [0.29, 0.717) is 5.56 Å². The minimum absolute atomic E-state index is 0.205. The monoisotopic (exact) mass is 345 g/mol. The number of nitrogens with zero attached hydrogens (tertiary/aromatic N) is 2. The molecule has 9 heteroatoms. The van der Waals surface area contributed by atoms with E-state index in [2.05, 4.69) is 10.4 Å². The first-order chi connectivity index (χ1) is 11.0. The van der Waals surface area contributed by atoms with Crippen LogP contribution in [-0.2, 0) is 17.4 Å². The smallest absolute Gasteiger partial charge is 0.425 e. The zero-order valence-corrected chi connectivity index (χ0v) is 13.4. The van der Waals surface area contributed by atoms with Gasteiger partial charge in [0.2, 0.25) is 11.5 Å². The van der Waals surface area contributed by atoms with Crippen LogP contribution >= 0.6 is 0 Å². The Labute approximate surface area is 136 Å². The van der Waals surface area contributed by atoms with E-state index in [1.807, 2.05) is 0 Å². The number of aryl methyl sites for hydroxylation is 2. The number of furan rings is 1. The van der Waals surface area contributed by atoms with Crippen molar-refractivity contribution in [3.8, 4) is 0 Å². The molecule has 24 heavy (non-hydrogen) atoms. The highest BCUT2D eigenvalue weighted by Gasteiger charge is 2.58. The van der Waals surface area contributed by atoms with E-state index >= 15 is 0 Å². The molecule has 2 N–H and O–H groups in total. The Morgan fingerprint density at radius 2 is 2.12 bits per heavy atom. The largest absolute Gasteiger partial charge is 0.463 e. The van der Waals surface area contributed by atoms with Gasteiger partial charge in [0.05, 0.1) is 18.7 Å². The van der Waals surface area contributed by atoms with Crippen LogP contribution in [-0.4, -0.2) is 27.0 Å². The lowest BCUT2D eigenvalue weighted by Gasteiger charge is -2.28. The van der Waals surface area contributed by atoms with Gasteiger partial charge >= 0.3 is 6.18 Å². The van der Waals surface area contributed by atoms with Crippen LogP contribution in [0.5, 0.6) is 0 Å². The summed E-state index contributed by atoms with van der Waals surface area (Å²) in [6, 6.07) is 1.75. The van der Waals surface area contributed by atoms with Gasteiger partial charge in [0, 0.05) is 18.8 Å². The van der Waals surface area contributed by atoms with E-state index in [0.717, 1.165) is 6.07 Å². The standard InChI is InChI=1S/C15H18F3N3O3/c1-9-4-5-12(24-9)14(23,15(16,17)18)6-13(22)20-10(2)11-7-19-21(3)8-11/h4-5,7-8,10,23H,6H2,1-3H3,(H,20,22). The number of aromatic nitrogens is 2. The summed E-state index contributed by atoms with van der Waals surface area (Å²) < 4.78 is 46.4. The predicted molar refractivity (Wildman–Crippen MR) is 77.8 cm³/mol. The number of amides is 1. The van der Waals surface area contributed by atoms with Gasteiger partial charge in [-0.15, -0.1) is 0 Å². The molecule has 2 heterocycles. The third-order valence-corrected chi connectivity index (χ3v) is 3.64. The van der Waals surface area contributed by atoms with Gasteiger partial charge in [-0.2, -0.15) is 18.3 Å². The van der Waals surface area contributed by atoms with Crippen molar-refractivity contribution in [3.63, 3.8) is 0 Å². The van der Waals surface area contributed by atoms with Crippen molar-refractivity contribution in [3.05, 3.63) is 41.6 Å². The average molecular weight is 345 g/mol. The van der Waals surface area contributed by atoms with Gasteiger partial charge in [-0.05, 0) is 26.0 Å². The SMILES string of the molecule is Cc1ccc(C(O)(CC(=O)NC(C)c2cnn(C)c2)C(F)(F)F)o1. The molecule has 132 valence electrons.